The predicted molar refractivity (Wildman–Crippen MR) is 69.2 cm³/mol. The molecule has 1 saturated heterocycles. The fourth-order valence-electron chi connectivity index (χ4n) is 2.26. The van der Waals surface area contributed by atoms with Crippen molar-refractivity contribution >= 4 is 17.6 Å². The number of methoxy groups -OCH3 is 1. The number of hydrogen-bond acceptors (Lipinski definition) is 4. The highest BCUT2D eigenvalue weighted by Gasteiger charge is 2.28. The van der Waals surface area contributed by atoms with Gasteiger partial charge >= 0.3 is 5.97 Å². The minimum absolute atomic E-state index is 0.00575. The van der Waals surface area contributed by atoms with Crippen LogP contribution in [0.5, 0.6) is 0 Å². The fourth-order valence-corrected chi connectivity index (χ4v) is 2.41. The average molecular weight is 269 g/mol. The molecule has 0 aliphatic carbocycles. The van der Waals surface area contributed by atoms with Gasteiger partial charge in [0.25, 0.3) is 0 Å². The molecule has 0 bridgehead atoms. The van der Waals surface area contributed by atoms with E-state index >= 15 is 0 Å². The number of hydrogen-bond donors (Lipinski definition) is 0. The third-order valence-electron chi connectivity index (χ3n) is 3.19. The van der Waals surface area contributed by atoms with Crippen molar-refractivity contribution in [1.29, 1.82) is 0 Å². The Morgan fingerprint density at radius 2 is 2.33 bits per heavy atom. The molecule has 1 unspecified atom stereocenters. The molecular formula is C13H17ClN2O2. The van der Waals surface area contributed by atoms with Gasteiger partial charge in [0, 0.05) is 13.1 Å². The Kier molecular flexibility index (Phi) is 4.55. The normalized spacial score (nSPS) is 20.0. The summed E-state index contributed by atoms with van der Waals surface area (Å²) in [5.41, 5.74) is 1.89. The Hall–Kier alpha value is -1.13. The van der Waals surface area contributed by atoms with Crippen LogP contribution >= 0.6 is 11.6 Å². The highest BCUT2D eigenvalue weighted by Crippen LogP contribution is 2.19. The molecule has 18 heavy (non-hydrogen) atoms. The minimum atomic E-state index is -0.111. The summed E-state index contributed by atoms with van der Waals surface area (Å²) in [5, 5.41) is 0. The van der Waals surface area contributed by atoms with Gasteiger partial charge in [-0.2, -0.15) is 0 Å². The van der Waals surface area contributed by atoms with Crippen LogP contribution in [0.4, 0.5) is 0 Å². The van der Waals surface area contributed by atoms with E-state index in [1.807, 2.05) is 18.2 Å². The highest BCUT2D eigenvalue weighted by atomic mass is 35.5. The van der Waals surface area contributed by atoms with Crippen LogP contribution in [0.2, 0.25) is 0 Å². The lowest BCUT2D eigenvalue weighted by Gasteiger charge is -2.15. The van der Waals surface area contributed by atoms with Crippen LogP contribution in [0.1, 0.15) is 17.8 Å². The van der Waals surface area contributed by atoms with E-state index in [-0.39, 0.29) is 11.9 Å². The molecule has 0 radical (unpaired) electrons. The maximum atomic E-state index is 11.4. The van der Waals surface area contributed by atoms with Crippen LogP contribution < -0.4 is 0 Å². The fraction of sp³-hybridized carbons (Fsp3) is 0.538. The second-order valence-electron chi connectivity index (χ2n) is 4.50. The van der Waals surface area contributed by atoms with Gasteiger partial charge in [0.2, 0.25) is 0 Å². The second-order valence-corrected chi connectivity index (χ2v) is 4.77. The Morgan fingerprint density at radius 1 is 1.56 bits per heavy atom. The zero-order valence-corrected chi connectivity index (χ0v) is 11.2. The molecule has 1 aliphatic heterocycles. The zero-order valence-electron chi connectivity index (χ0n) is 10.4. The first-order chi connectivity index (χ1) is 8.72. The van der Waals surface area contributed by atoms with Crippen molar-refractivity contribution in [1.82, 2.24) is 9.88 Å². The number of pyridine rings is 1. The summed E-state index contributed by atoms with van der Waals surface area (Å²) in [7, 11) is 1.44. The number of nitrogens with zero attached hydrogens (tertiary/aromatic N) is 2. The van der Waals surface area contributed by atoms with Crippen LogP contribution in [0.15, 0.2) is 18.2 Å². The first kappa shape index (κ1) is 13.3. The van der Waals surface area contributed by atoms with Crippen LogP contribution in [0.25, 0.3) is 0 Å². The quantitative estimate of drug-likeness (QED) is 0.617. The summed E-state index contributed by atoms with van der Waals surface area (Å²) in [4.78, 5) is 18.1. The molecule has 0 saturated carbocycles. The van der Waals surface area contributed by atoms with Gasteiger partial charge in [-0.3, -0.25) is 14.7 Å². The Labute approximate surface area is 112 Å². The standard InChI is InChI=1S/C13H17ClN2O2/c1-18-13(17)10-5-6-16(8-10)9-12-4-2-3-11(7-14)15-12/h2-4,10H,5-9H2,1H3. The molecule has 98 valence electrons. The smallest absolute Gasteiger partial charge is 0.310 e. The van der Waals surface area contributed by atoms with Gasteiger partial charge in [-0.15, -0.1) is 11.6 Å². The number of ether oxygens (including phenoxy) is 1. The molecule has 0 aromatic carbocycles. The van der Waals surface area contributed by atoms with E-state index in [1.165, 1.54) is 7.11 Å². The Morgan fingerprint density at radius 3 is 3.06 bits per heavy atom. The summed E-state index contributed by atoms with van der Waals surface area (Å²) in [5.74, 6) is 0.324. The Bertz CT molecular complexity index is 425. The van der Waals surface area contributed by atoms with Crippen LogP contribution in [-0.2, 0) is 22.0 Å². The van der Waals surface area contributed by atoms with E-state index in [1.54, 1.807) is 0 Å². The molecule has 0 spiro atoms. The zero-order chi connectivity index (χ0) is 13.0. The van der Waals surface area contributed by atoms with E-state index < -0.39 is 0 Å². The van der Waals surface area contributed by atoms with Crippen molar-refractivity contribution in [3.63, 3.8) is 0 Å². The molecule has 1 fully saturated rings. The first-order valence-electron chi connectivity index (χ1n) is 6.04. The number of aromatic nitrogens is 1. The molecule has 2 rings (SSSR count). The summed E-state index contributed by atoms with van der Waals surface area (Å²) >= 11 is 5.76. The van der Waals surface area contributed by atoms with Gasteiger partial charge in [-0.25, -0.2) is 0 Å². The van der Waals surface area contributed by atoms with Crippen molar-refractivity contribution in [2.24, 2.45) is 5.92 Å². The van der Waals surface area contributed by atoms with Crippen LogP contribution in [0, 0.1) is 5.92 Å². The molecule has 2 heterocycles. The predicted octanol–water partition coefficient (Wildman–Crippen LogP) is 1.82. The molecule has 1 aliphatic rings. The average Bonchev–Trinajstić information content (AvgIpc) is 2.86. The number of likely N-dealkylation sites (tertiary alicyclic amines) is 1. The van der Waals surface area contributed by atoms with Crippen molar-refractivity contribution in [3.05, 3.63) is 29.6 Å². The number of carbonyl (C=O) groups excluding carboxylic acids is 1. The van der Waals surface area contributed by atoms with E-state index in [2.05, 4.69) is 9.88 Å². The monoisotopic (exact) mass is 268 g/mol. The Balaban J connectivity index is 1.92. The highest BCUT2D eigenvalue weighted by molar-refractivity contribution is 6.16. The number of alkyl halides is 1. The summed E-state index contributed by atoms with van der Waals surface area (Å²) in [6, 6.07) is 5.87. The molecular weight excluding hydrogens is 252 g/mol. The van der Waals surface area contributed by atoms with Gasteiger partial charge in [0.15, 0.2) is 0 Å². The van der Waals surface area contributed by atoms with E-state index in [9.17, 15) is 4.79 Å². The third kappa shape index (κ3) is 3.21. The van der Waals surface area contributed by atoms with Crippen LogP contribution in [0.3, 0.4) is 0 Å². The second kappa shape index (κ2) is 6.16. The van der Waals surface area contributed by atoms with Crippen molar-refractivity contribution in [2.75, 3.05) is 20.2 Å². The lowest BCUT2D eigenvalue weighted by Crippen LogP contribution is -2.24. The molecule has 0 amide bonds. The molecule has 1 aromatic heterocycles. The summed E-state index contributed by atoms with van der Waals surface area (Å²) in [6.45, 7) is 2.42. The maximum absolute atomic E-state index is 11.4. The van der Waals surface area contributed by atoms with Crippen molar-refractivity contribution in [3.8, 4) is 0 Å². The van der Waals surface area contributed by atoms with E-state index in [0.717, 1.165) is 37.4 Å². The molecule has 5 heteroatoms. The minimum Gasteiger partial charge on any atom is -0.469 e. The molecule has 4 nitrogen and oxygen atoms in total. The third-order valence-corrected chi connectivity index (χ3v) is 3.47. The number of carbonyl (C=O) groups is 1. The van der Waals surface area contributed by atoms with Gasteiger partial charge in [0.05, 0.1) is 30.3 Å². The van der Waals surface area contributed by atoms with Crippen LogP contribution in [-0.4, -0.2) is 36.1 Å². The SMILES string of the molecule is COC(=O)C1CCN(Cc2cccc(CCl)n2)C1. The van der Waals surface area contributed by atoms with E-state index in [4.69, 9.17) is 16.3 Å². The maximum Gasteiger partial charge on any atom is 0.310 e. The summed E-state index contributed by atoms with van der Waals surface area (Å²) in [6.07, 6.45) is 0.863. The van der Waals surface area contributed by atoms with E-state index in [0.29, 0.717) is 5.88 Å². The largest absolute Gasteiger partial charge is 0.469 e. The molecule has 0 N–H and O–H groups in total. The molecule has 1 atom stereocenters. The first-order valence-corrected chi connectivity index (χ1v) is 6.57. The topological polar surface area (TPSA) is 42.4 Å². The lowest BCUT2D eigenvalue weighted by molar-refractivity contribution is -0.144. The van der Waals surface area contributed by atoms with Crippen molar-refractivity contribution < 1.29 is 9.53 Å². The van der Waals surface area contributed by atoms with Gasteiger partial charge < -0.3 is 4.74 Å². The lowest BCUT2D eigenvalue weighted by atomic mass is 10.1. The molecule has 1 aromatic rings. The van der Waals surface area contributed by atoms with Gasteiger partial charge in [0.1, 0.15) is 0 Å². The van der Waals surface area contributed by atoms with Gasteiger partial charge in [-0.1, -0.05) is 6.07 Å². The summed E-state index contributed by atoms with van der Waals surface area (Å²) < 4.78 is 4.77. The number of esters is 1. The van der Waals surface area contributed by atoms with Gasteiger partial charge in [-0.05, 0) is 25.1 Å². The number of rotatable bonds is 4. The van der Waals surface area contributed by atoms with Crippen molar-refractivity contribution in [2.45, 2.75) is 18.8 Å². The number of halogens is 1.